The number of hydrogen-bond acceptors (Lipinski definition) is 5. The van der Waals surface area contributed by atoms with Crippen molar-refractivity contribution in [3.63, 3.8) is 0 Å². The highest BCUT2D eigenvalue weighted by molar-refractivity contribution is 8.01. The summed E-state index contributed by atoms with van der Waals surface area (Å²) < 4.78 is 24.2. The van der Waals surface area contributed by atoms with Gasteiger partial charge in [0.15, 0.2) is 9.84 Å². The number of carbonyl (C=O) groups excluding carboxylic acids is 1. The quantitative estimate of drug-likeness (QED) is 0.822. The predicted molar refractivity (Wildman–Crippen MR) is 87.2 cm³/mol. The lowest BCUT2D eigenvalue weighted by molar-refractivity contribution is 0.210. The third-order valence-corrected chi connectivity index (χ3v) is 6.61. The number of benzene rings is 1. The van der Waals surface area contributed by atoms with E-state index in [4.69, 9.17) is 5.73 Å². The highest BCUT2D eigenvalue weighted by Gasteiger charge is 2.35. The van der Waals surface area contributed by atoms with Crippen LogP contribution in [0.15, 0.2) is 24.3 Å². The third kappa shape index (κ3) is 3.82. The summed E-state index contributed by atoms with van der Waals surface area (Å²) in [5.74, 6) is 1.19. The molecule has 1 unspecified atom stereocenters. The molecule has 0 spiro atoms. The van der Waals surface area contributed by atoms with Gasteiger partial charge in [-0.25, -0.2) is 13.2 Å². The molecule has 8 heteroatoms. The maximum absolute atomic E-state index is 12.3. The molecule has 1 aliphatic rings. The summed E-state index contributed by atoms with van der Waals surface area (Å²) in [5, 5.41) is 1.97. The minimum atomic E-state index is -3.29. The highest BCUT2D eigenvalue weighted by atomic mass is 32.2. The van der Waals surface area contributed by atoms with E-state index in [0.29, 0.717) is 23.7 Å². The largest absolute Gasteiger partial charge is 0.399 e. The van der Waals surface area contributed by atoms with Crippen LogP contribution in [0.1, 0.15) is 6.92 Å². The van der Waals surface area contributed by atoms with Crippen LogP contribution in [0.3, 0.4) is 0 Å². The van der Waals surface area contributed by atoms with Crippen molar-refractivity contribution in [2.24, 2.45) is 0 Å². The normalized spacial score (nSPS) is 19.3. The number of nitrogens with zero attached hydrogens (tertiary/aromatic N) is 1. The van der Waals surface area contributed by atoms with Crippen LogP contribution in [0.5, 0.6) is 0 Å². The summed E-state index contributed by atoms with van der Waals surface area (Å²) in [7, 11) is -3.29. The number of thioether (sulfide) groups is 1. The van der Waals surface area contributed by atoms with Crippen molar-refractivity contribution in [1.29, 1.82) is 0 Å². The Hall–Kier alpha value is -1.41. The molecule has 2 rings (SSSR count). The molecule has 0 aliphatic carbocycles. The topological polar surface area (TPSA) is 92.5 Å². The van der Waals surface area contributed by atoms with Crippen LogP contribution in [0.4, 0.5) is 16.2 Å². The number of nitrogen functional groups attached to an aromatic ring is 1. The van der Waals surface area contributed by atoms with E-state index >= 15 is 0 Å². The molecular weight excluding hydrogens is 310 g/mol. The SMILES string of the molecule is CCS(=O)(=O)C1CSCCN1C(=O)Nc1ccc(N)cc1. The Morgan fingerprint density at radius 3 is 2.71 bits per heavy atom. The van der Waals surface area contributed by atoms with Gasteiger partial charge in [0.2, 0.25) is 0 Å². The summed E-state index contributed by atoms with van der Waals surface area (Å²) in [6.07, 6.45) is 0. The Labute approximate surface area is 129 Å². The molecule has 2 amide bonds. The van der Waals surface area contributed by atoms with Crippen molar-refractivity contribution in [1.82, 2.24) is 4.90 Å². The molecule has 116 valence electrons. The summed E-state index contributed by atoms with van der Waals surface area (Å²) in [4.78, 5) is 13.7. The number of carbonyl (C=O) groups is 1. The fraction of sp³-hybridized carbons (Fsp3) is 0.462. The van der Waals surface area contributed by atoms with E-state index in [-0.39, 0.29) is 11.8 Å². The van der Waals surface area contributed by atoms with Crippen LogP contribution in [-0.2, 0) is 9.84 Å². The van der Waals surface area contributed by atoms with Gasteiger partial charge in [-0.2, -0.15) is 11.8 Å². The van der Waals surface area contributed by atoms with Crippen molar-refractivity contribution < 1.29 is 13.2 Å². The minimum Gasteiger partial charge on any atom is -0.399 e. The van der Waals surface area contributed by atoms with E-state index in [9.17, 15) is 13.2 Å². The Bertz CT molecular complexity index is 602. The van der Waals surface area contributed by atoms with Gasteiger partial charge in [-0.15, -0.1) is 0 Å². The van der Waals surface area contributed by atoms with Gasteiger partial charge < -0.3 is 16.0 Å². The lowest BCUT2D eigenvalue weighted by Crippen LogP contribution is -2.52. The predicted octanol–water partition coefficient (Wildman–Crippen LogP) is 1.61. The molecule has 0 radical (unpaired) electrons. The molecule has 0 saturated carbocycles. The smallest absolute Gasteiger partial charge is 0.322 e. The zero-order chi connectivity index (χ0) is 15.5. The third-order valence-electron chi connectivity index (χ3n) is 3.32. The molecule has 1 heterocycles. The summed E-state index contributed by atoms with van der Waals surface area (Å²) in [6, 6.07) is 6.36. The van der Waals surface area contributed by atoms with Gasteiger partial charge in [0, 0.05) is 35.2 Å². The molecule has 1 aromatic carbocycles. The minimum absolute atomic E-state index is 0.0316. The molecule has 1 aliphatic heterocycles. The van der Waals surface area contributed by atoms with Gasteiger partial charge in [-0.3, -0.25) is 0 Å². The Balaban J connectivity index is 2.13. The van der Waals surface area contributed by atoms with Gasteiger partial charge in [0.25, 0.3) is 0 Å². The van der Waals surface area contributed by atoms with E-state index in [1.54, 1.807) is 43.0 Å². The molecule has 0 aromatic heterocycles. The highest BCUT2D eigenvalue weighted by Crippen LogP contribution is 2.22. The van der Waals surface area contributed by atoms with Crippen molar-refractivity contribution >= 4 is 39.0 Å². The molecule has 0 bridgehead atoms. The molecular formula is C13H19N3O3S2. The summed E-state index contributed by atoms with van der Waals surface area (Å²) in [5.41, 5.74) is 6.79. The van der Waals surface area contributed by atoms with E-state index in [1.165, 1.54) is 4.90 Å². The average Bonchev–Trinajstić information content (AvgIpc) is 2.49. The first-order valence-corrected chi connectivity index (χ1v) is 9.53. The number of nitrogens with two attached hydrogens (primary N) is 1. The molecule has 1 saturated heterocycles. The van der Waals surface area contributed by atoms with Crippen LogP contribution in [0, 0.1) is 0 Å². The van der Waals surface area contributed by atoms with Gasteiger partial charge in [0.05, 0.1) is 0 Å². The molecule has 1 aromatic rings. The first-order valence-electron chi connectivity index (χ1n) is 6.66. The summed E-state index contributed by atoms with van der Waals surface area (Å²) >= 11 is 1.56. The first kappa shape index (κ1) is 16.0. The van der Waals surface area contributed by atoms with Crippen molar-refractivity contribution in [2.45, 2.75) is 12.3 Å². The van der Waals surface area contributed by atoms with E-state index in [0.717, 1.165) is 5.75 Å². The van der Waals surface area contributed by atoms with Gasteiger partial charge in [0.1, 0.15) is 5.37 Å². The number of anilines is 2. The number of hydrogen-bond donors (Lipinski definition) is 2. The number of rotatable bonds is 3. The zero-order valence-electron chi connectivity index (χ0n) is 11.8. The fourth-order valence-corrected chi connectivity index (χ4v) is 5.03. The second kappa shape index (κ2) is 6.57. The van der Waals surface area contributed by atoms with E-state index < -0.39 is 15.2 Å². The standard InChI is InChI=1S/C13H19N3O3S2/c1-2-21(18,19)12-9-20-8-7-16(12)13(17)15-11-5-3-10(14)4-6-11/h3-6,12H,2,7-9,14H2,1H3,(H,15,17). The second-order valence-corrected chi connectivity index (χ2v) is 8.32. The van der Waals surface area contributed by atoms with Crippen LogP contribution in [-0.4, -0.2) is 48.5 Å². The molecule has 1 atom stereocenters. The van der Waals surface area contributed by atoms with E-state index in [1.807, 2.05) is 0 Å². The molecule has 1 fully saturated rings. The number of sulfone groups is 1. The van der Waals surface area contributed by atoms with E-state index in [2.05, 4.69) is 5.32 Å². The molecule has 3 N–H and O–H groups in total. The van der Waals surface area contributed by atoms with Gasteiger partial charge >= 0.3 is 6.03 Å². The van der Waals surface area contributed by atoms with Crippen LogP contribution in [0.25, 0.3) is 0 Å². The van der Waals surface area contributed by atoms with Crippen molar-refractivity contribution in [3.8, 4) is 0 Å². The Morgan fingerprint density at radius 1 is 1.43 bits per heavy atom. The number of urea groups is 1. The van der Waals surface area contributed by atoms with Crippen LogP contribution in [0.2, 0.25) is 0 Å². The molecule has 21 heavy (non-hydrogen) atoms. The zero-order valence-corrected chi connectivity index (χ0v) is 13.4. The lowest BCUT2D eigenvalue weighted by Gasteiger charge is -2.34. The second-order valence-electron chi connectivity index (χ2n) is 4.73. The first-order chi connectivity index (χ1) is 9.94. The van der Waals surface area contributed by atoms with Crippen molar-refractivity contribution in [2.75, 3.05) is 34.9 Å². The lowest BCUT2D eigenvalue weighted by atomic mass is 10.3. The molecule has 6 nitrogen and oxygen atoms in total. The maximum atomic E-state index is 12.3. The van der Waals surface area contributed by atoms with Gasteiger partial charge in [-0.1, -0.05) is 6.92 Å². The monoisotopic (exact) mass is 329 g/mol. The fourth-order valence-electron chi connectivity index (χ4n) is 2.06. The number of nitrogens with one attached hydrogen (secondary N) is 1. The summed E-state index contributed by atoms with van der Waals surface area (Å²) in [6.45, 7) is 2.03. The van der Waals surface area contributed by atoms with Crippen LogP contribution < -0.4 is 11.1 Å². The average molecular weight is 329 g/mol. The Morgan fingerprint density at radius 2 is 2.10 bits per heavy atom. The van der Waals surface area contributed by atoms with Crippen LogP contribution >= 0.6 is 11.8 Å². The van der Waals surface area contributed by atoms with Gasteiger partial charge in [-0.05, 0) is 24.3 Å². The van der Waals surface area contributed by atoms with Crippen molar-refractivity contribution in [3.05, 3.63) is 24.3 Å². The Kier molecular flexibility index (Phi) is 5.00. The number of amides is 2. The maximum Gasteiger partial charge on any atom is 0.322 e.